The number of anilines is 1. The van der Waals surface area contributed by atoms with Crippen LogP contribution in [0.1, 0.15) is 23.8 Å². The minimum atomic E-state index is -0.270. The minimum Gasteiger partial charge on any atom is -0.450 e. The Bertz CT molecular complexity index is 574. The molecule has 0 unspecified atom stereocenters. The molecule has 8 nitrogen and oxygen atoms in total. The van der Waals surface area contributed by atoms with Crippen molar-refractivity contribution < 1.29 is 19.1 Å². The molecule has 1 saturated heterocycles. The van der Waals surface area contributed by atoms with Crippen molar-refractivity contribution in [3.05, 3.63) is 24.0 Å². The summed E-state index contributed by atoms with van der Waals surface area (Å²) in [6, 6.07) is 3.66. The number of methoxy groups -OCH3 is 1. The Labute approximate surface area is 148 Å². The lowest BCUT2D eigenvalue weighted by Gasteiger charge is -2.35. The van der Waals surface area contributed by atoms with Crippen LogP contribution in [0.3, 0.4) is 0 Å². The summed E-state index contributed by atoms with van der Waals surface area (Å²) in [6.07, 6.45) is 2.13. The number of ether oxygens (including phenoxy) is 2. The fraction of sp³-hybridized carbons (Fsp3) is 0.588. The Morgan fingerprint density at radius 3 is 2.72 bits per heavy atom. The number of aromatic nitrogens is 1. The molecule has 8 heteroatoms. The van der Waals surface area contributed by atoms with Crippen LogP contribution >= 0.6 is 0 Å². The summed E-state index contributed by atoms with van der Waals surface area (Å²) >= 11 is 0. The zero-order chi connectivity index (χ0) is 18.1. The van der Waals surface area contributed by atoms with Gasteiger partial charge >= 0.3 is 6.09 Å². The first-order valence-corrected chi connectivity index (χ1v) is 8.55. The lowest BCUT2D eigenvalue weighted by Crippen LogP contribution is -2.49. The molecule has 0 spiro atoms. The number of nitrogens with one attached hydrogen (secondary N) is 1. The summed E-state index contributed by atoms with van der Waals surface area (Å²) in [7, 11) is 1.63. The highest BCUT2D eigenvalue weighted by Crippen LogP contribution is 2.17. The molecule has 0 radical (unpaired) electrons. The molecular weight excluding hydrogens is 324 g/mol. The third-order valence-corrected chi connectivity index (χ3v) is 3.96. The first-order chi connectivity index (χ1) is 12.2. The average Bonchev–Trinajstić information content (AvgIpc) is 2.65. The monoisotopic (exact) mass is 350 g/mol. The first kappa shape index (κ1) is 19.0. The van der Waals surface area contributed by atoms with E-state index < -0.39 is 0 Å². The number of piperazine rings is 1. The van der Waals surface area contributed by atoms with Gasteiger partial charge < -0.3 is 24.6 Å². The van der Waals surface area contributed by atoms with E-state index in [4.69, 9.17) is 9.47 Å². The number of nitrogens with zero attached hydrogens (tertiary/aromatic N) is 3. The van der Waals surface area contributed by atoms with Crippen molar-refractivity contribution in [1.82, 2.24) is 15.2 Å². The largest absolute Gasteiger partial charge is 0.450 e. The van der Waals surface area contributed by atoms with Crippen LogP contribution in [0.25, 0.3) is 0 Å². The Morgan fingerprint density at radius 2 is 2.04 bits per heavy atom. The second-order valence-electron chi connectivity index (χ2n) is 5.67. The highest BCUT2D eigenvalue weighted by atomic mass is 16.6. The number of pyridine rings is 1. The zero-order valence-corrected chi connectivity index (χ0v) is 14.9. The molecule has 0 aliphatic carbocycles. The van der Waals surface area contributed by atoms with Crippen LogP contribution in [-0.4, -0.2) is 74.9 Å². The third kappa shape index (κ3) is 5.60. The van der Waals surface area contributed by atoms with Crippen LogP contribution < -0.4 is 10.2 Å². The van der Waals surface area contributed by atoms with Gasteiger partial charge in [-0.25, -0.2) is 4.79 Å². The molecule has 1 fully saturated rings. The molecule has 0 bridgehead atoms. The second-order valence-corrected chi connectivity index (χ2v) is 5.67. The standard InChI is InChI=1S/C17H26N4O4/c1-3-25-17(23)21-10-8-20(9-11-21)14-5-7-18-15(13-14)16(22)19-6-4-12-24-2/h5,7,13H,3-4,6,8-12H2,1-2H3,(H,19,22). The maximum absolute atomic E-state index is 12.2. The van der Waals surface area contributed by atoms with Crippen LogP contribution in [0.4, 0.5) is 10.5 Å². The minimum absolute atomic E-state index is 0.192. The van der Waals surface area contributed by atoms with Gasteiger partial charge in [-0.1, -0.05) is 0 Å². The Hall–Kier alpha value is -2.35. The van der Waals surface area contributed by atoms with Gasteiger partial charge in [-0.15, -0.1) is 0 Å². The van der Waals surface area contributed by atoms with E-state index >= 15 is 0 Å². The van der Waals surface area contributed by atoms with Gasteiger partial charge in [0, 0.05) is 58.3 Å². The fourth-order valence-corrected chi connectivity index (χ4v) is 2.61. The lowest BCUT2D eigenvalue weighted by atomic mass is 10.2. The van der Waals surface area contributed by atoms with Gasteiger partial charge in [0.15, 0.2) is 0 Å². The zero-order valence-electron chi connectivity index (χ0n) is 14.9. The van der Waals surface area contributed by atoms with Crippen LogP contribution in [0.2, 0.25) is 0 Å². The molecule has 1 aromatic rings. The van der Waals surface area contributed by atoms with Crippen molar-refractivity contribution in [2.75, 3.05) is 57.9 Å². The first-order valence-electron chi connectivity index (χ1n) is 8.55. The topological polar surface area (TPSA) is 84.0 Å². The molecule has 1 aliphatic heterocycles. The van der Waals surface area contributed by atoms with Crippen molar-refractivity contribution in [1.29, 1.82) is 0 Å². The number of carbonyl (C=O) groups is 2. The molecular formula is C17H26N4O4. The van der Waals surface area contributed by atoms with E-state index in [1.165, 1.54) is 0 Å². The van der Waals surface area contributed by atoms with Crippen molar-refractivity contribution in [3.8, 4) is 0 Å². The van der Waals surface area contributed by atoms with Gasteiger partial charge in [0.1, 0.15) is 5.69 Å². The highest BCUT2D eigenvalue weighted by Gasteiger charge is 2.22. The van der Waals surface area contributed by atoms with Gasteiger partial charge in [0.25, 0.3) is 5.91 Å². The predicted octanol–water partition coefficient (Wildman–Crippen LogP) is 1.13. The molecule has 138 valence electrons. The van der Waals surface area contributed by atoms with E-state index in [9.17, 15) is 9.59 Å². The van der Waals surface area contributed by atoms with Gasteiger partial charge in [0.05, 0.1) is 6.61 Å². The number of amides is 2. The quantitative estimate of drug-likeness (QED) is 0.742. The number of carbonyl (C=O) groups excluding carboxylic acids is 2. The number of hydrogen-bond donors (Lipinski definition) is 1. The second kappa shape index (κ2) is 9.83. The summed E-state index contributed by atoms with van der Waals surface area (Å²) in [5.74, 6) is -0.192. The molecule has 0 aromatic carbocycles. The van der Waals surface area contributed by atoms with E-state index in [1.807, 2.05) is 6.07 Å². The van der Waals surface area contributed by atoms with Crippen molar-refractivity contribution in [3.63, 3.8) is 0 Å². The summed E-state index contributed by atoms with van der Waals surface area (Å²) in [5, 5.41) is 2.83. The highest BCUT2D eigenvalue weighted by molar-refractivity contribution is 5.93. The van der Waals surface area contributed by atoms with Crippen molar-refractivity contribution in [2.24, 2.45) is 0 Å². The van der Waals surface area contributed by atoms with E-state index in [0.29, 0.717) is 51.6 Å². The third-order valence-electron chi connectivity index (χ3n) is 3.96. The maximum atomic E-state index is 12.2. The number of hydrogen-bond acceptors (Lipinski definition) is 6. The fourth-order valence-electron chi connectivity index (χ4n) is 2.61. The van der Waals surface area contributed by atoms with E-state index in [2.05, 4.69) is 15.2 Å². The van der Waals surface area contributed by atoms with Crippen LogP contribution in [-0.2, 0) is 9.47 Å². The average molecular weight is 350 g/mol. The summed E-state index contributed by atoms with van der Waals surface area (Å²) < 4.78 is 9.98. The van der Waals surface area contributed by atoms with Crippen LogP contribution in [0, 0.1) is 0 Å². The lowest BCUT2D eigenvalue weighted by molar-refractivity contribution is 0.0943. The normalized spacial score (nSPS) is 14.3. The van der Waals surface area contributed by atoms with Crippen molar-refractivity contribution in [2.45, 2.75) is 13.3 Å². The molecule has 1 N–H and O–H groups in total. The van der Waals surface area contributed by atoms with E-state index in [0.717, 1.165) is 12.1 Å². The van der Waals surface area contributed by atoms with Gasteiger partial charge in [-0.2, -0.15) is 0 Å². The van der Waals surface area contributed by atoms with Gasteiger partial charge in [-0.3, -0.25) is 9.78 Å². The van der Waals surface area contributed by atoms with Crippen LogP contribution in [0.15, 0.2) is 18.3 Å². The van der Waals surface area contributed by atoms with E-state index in [-0.39, 0.29) is 12.0 Å². The summed E-state index contributed by atoms with van der Waals surface area (Å²) in [6.45, 7) is 5.92. The molecule has 2 heterocycles. The Kier molecular flexibility index (Phi) is 7.46. The molecule has 25 heavy (non-hydrogen) atoms. The summed E-state index contributed by atoms with van der Waals surface area (Å²) in [4.78, 5) is 31.9. The molecule has 0 saturated carbocycles. The Morgan fingerprint density at radius 1 is 1.28 bits per heavy atom. The summed E-state index contributed by atoms with van der Waals surface area (Å²) in [5.41, 5.74) is 1.32. The molecule has 2 amide bonds. The molecule has 1 aromatic heterocycles. The van der Waals surface area contributed by atoms with Crippen LogP contribution in [0.5, 0.6) is 0 Å². The van der Waals surface area contributed by atoms with Gasteiger partial charge in [-0.05, 0) is 25.5 Å². The predicted molar refractivity (Wildman–Crippen MR) is 93.9 cm³/mol. The van der Waals surface area contributed by atoms with Gasteiger partial charge in [0.2, 0.25) is 0 Å². The molecule has 1 aliphatic rings. The molecule has 2 rings (SSSR count). The maximum Gasteiger partial charge on any atom is 0.409 e. The smallest absolute Gasteiger partial charge is 0.409 e. The Balaban J connectivity index is 1.89. The van der Waals surface area contributed by atoms with E-state index in [1.54, 1.807) is 31.2 Å². The van der Waals surface area contributed by atoms with Crippen molar-refractivity contribution >= 4 is 17.7 Å². The SMILES string of the molecule is CCOC(=O)N1CCN(c2ccnc(C(=O)NCCCOC)c2)CC1. The number of rotatable bonds is 7. The molecule has 0 atom stereocenters.